The maximum absolute atomic E-state index is 12.5. The molecular weight excluding hydrogens is 274 g/mol. The van der Waals surface area contributed by atoms with Gasteiger partial charge in [-0.2, -0.15) is 0 Å². The summed E-state index contributed by atoms with van der Waals surface area (Å²) < 4.78 is 5.30. The van der Waals surface area contributed by atoms with Crippen LogP contribution in [0.4, 0.5) is 0 Å². The van der Waals surface area contributed by atoms with Crippen LogP contribution in [0.15, 0.2) is 23.0 Å². The fraction of sp³-hybridized carbons (Fsp3) is 0.500. The van der Waals surface area contributed by atoms with Crippen molar-refractivity contribution in [3.8, 4) is 0 Å². The molecule has 2 heterocycles. The summed E-state index contributed by atoms with van der Waals surface area (Å²) in [6.07, 6.45) is 0.819. The third-order valence-electron chi connectivity index (χ3n) is 3.24. The minimum absolute atomic E-state index is 0.165. The Morgan fingerprint density at radius 1 is 1.48 bits per heavy atom. The molecule has 1 aliphatic heterocycles. The van der Waals surface area contributed by atoms with Gasteiger partial charge in [-0.1, -0.05) is 13.0 Å². The molecule has 1 aliphatic rings. The Balaban J connectivity index is 2.16. The van der Waals surface area contributed by atoms with Gasteiger partial charge in [-0.05, 0) is 12.5 Å². The van der Waals surface area contributed by atoms with E-state index in [1.807, 2.05) is 6.92 Å². The number of rotatable bonds is 4. The minimum Gasteiger partial charge on any atom is -0.377 e. The smallest absolute Gasteiger partial charge is 0.271 e. The molecule has 7 heteroatoms. The Labute approximate surface area is 122 Å². The number of H-pyrrole nitrogens is 1. The average molecular weight is 293 g/mol. The van der Waals surface area contributed by atoms with Crippen LogP contribution in [0, 0.1) is 0 Å². The van der Waals surface area contributed by atoms with Crippen LogP contribution in [-0.2, 0) is 9.53 Å². The van der Waals surface area contributed by atoms with Crippen LogP contribution >= 0.6 is 0 Å². The molecule has 0 bridgehead atoms. The third kappa shape index (κ3) is 3.69. The average Bonchev–Trinajstić information content (AvgIpc) is 2.52. The number of nitrogens with zero attached hydrogens (tertiary/aromatic N) is 1. The Morgan fingerprint density at radius 2 is 2.29 bits per heavy atom. The van der Waals surface area contributed by atoms with Crippen molar-refractivity contribution in [1.29, 1.82) is 0 Å². The predicted octanol–water partition coefficient (Wildman–Crippen LogP) is -0.258. The Bertz CT molecular complexity index is 569. The van der Waals surface area contributed by atoms with E-state index in [1.54, 1.807) is 0 Å². The van der Waals surface area contributed by atoms with Crippen LogP contribution in [0.3, 0.4) is 0 Å². The van der Waals surface area contributed by atoms with E-state index in [2.05, 4.69) is 10.3 Å². The van der Waals surface area contributed by atoms with Gasteiger partial charge in [0.05, 0.1) is 13.2 Å². The topological polar surface area (TPSA) is 91.5 Å². The van der Waals surface area contributed by atoms with Gasteiger partial charge in [0.1, 0.15) is 11.7 Å². The fourth-order valence-corrected chi connectivity index (χ4v) is 2.16. The molecule has 1 aromatic heterocycles. The Kier molecular flexibility index (Phi) is 5.10. The van der Waals surface area contributed by atoms with Crippen molar-refractivity contribution in [1.82, 2.24) is 15.2 Å². The molecule has 21 heavy (non-hydrogen) atoms. The summed E-state index contributed by atoms with van der Waals surface area (Å²) in [6.45, 7) is 3.37. The number of carbonyl (C=O) groups is 2. The first kappa shape index (κ1) is 15.2. The van der Waals surface area contributed by atoms with Gasteiger partial charge in [-0.15, -0.1) is 0 Å². The van der Waals surface area contributed by atoms with E-state index < -0.39 is 6.04 Å². The number of aromatic amines is 1. The number of ether oxygens (including phenoxy) is 1. The van der Waals surface area contributed by atoms with E-state index in [-0.39, 0.29) is 29.7 Å². The van der Waals surface area contributed by atoms with Gasteiger partial charge in [-0.25, -0.2) is 0 Å². The molecule has 1 fully saturated rings. The van der Waals surface area contributed by atoms with E-state index in [4.69, 9.17) is 4.74 Å². The molecular formula is C14H19N3O4. The molecule has 1 saturated heterocycles. The van der Waals surface area contributed by atoms with Gasteiger partial charge >= 0.3 is 0 Å². The van der Waals surface area contributed by atoms with Gasteiger partial charge in [0.15, 0.2) is 0 Å². The number of aromatic nitrogens is 1. The lowest BCUT2D eigenvalue weighted by molar-refractivity contribution is -0.130. The largest absolute Gasteiger partial charge is 0.377 e. The lowest BCUT2D eigenvalue weighted by Gasteiger charge is -2.34. The van der Waals surface area contributed by atoms with Gasteiger partial charge in [0.25, 0.3) is 5.91 Å². The molecule has 0 aromatic carbocycles. The lowest BCUT2D eigenvalue weighted by Crippen LogP contribution is -2.56. The number of amides is 2. The molecule has 0 saturated carbocycles. The number of morpholine rings is 1. The van der Waals surface area contributed by atoms with Crippen molar-refractivity contribution in [2.24, 2.45) is 0 Å². The molecule has 1 unspecified atom stereocenters. The van der Waals surface area contributed by atoms with Gasteiger partial charge in [0.2, 0.25) is 11.5 Å². The molecule has 1 aromatic rings. The molecule has 1 atom stereocenters. The summed E-state index contributed by atoms with van der Waals surface area (Å²) in [6, 6.07) is 3.71. The normalized spacial score (nSPS) is 18.3. The predicted molar refractivity (Wildman–Crippen MR) is 76.0 cm³/mol. The van der Waals surface area contributed by atoms with Crippen LogP contribution in [0.1, 0.15) is 23.8 Å². The Hall–Kier alpha value is -2.15. The molecule has 2 amide bonds. The summed E-state index contributed by atoms with van der Waals surface area (Å²) in [5.41, 5.74) is -0.168. The number of nitrogens with one attached hydrogen (secondary N) is 2. The third-order valence-corrected chi connectivity index (χ3v) is 3.24. The maximum Gasteiger partial charge on any atom is 0.271 e. The van der Waals surface area contributed by atoms with Gasteiger partial charge < -0.3 is 19.9 Å². The van der Waals surface area contributed by atoms with E-state index in [9.17, 15) is 14.4 Å². The molecule has 0 radical (unpaired) electrons. The summed E-state index contributed by atoms with van der Waals surface area (Å²) >= 11 is 0. The quantitative estimate of drug-likeness (QED) is 0.800. The zero-order chi connectivity index (χ0) is 15.2. The van der Waals surface area contributed by atoms with Crippen molar-refractivity contribution in [2.75, 3.05) is 26.3 Å². The zero-order valence-electron chi connectivity index (χ0n) is 11.9. The summed E-state index contributed by atoms with van der Waals surface area (Å²) in [5.74, 6) is -0.601. The van der Waals surface area contributed by atoms with E-state index in [0.29, 0.717) is 19.7 Å². The maximum atomic E-state index is 12.5. The molecule has 0 spiro atoms. The summed E-state index contributed by atoms with van der Waals surface area (Å²) in [4.78, 5) is 39.8. The van der Waals surface area contributed by atoms with E-state index >= 15 is 0 Å². The summed E-state index contributed by atoms with van der Waals surface area (Å²) in [5, 5.41) is 2.76. The van der Waals surface area contributed by atoms with Crippen molar-refractivity contribution in [3.05, 3.63) is 34.2 Å². The first-order valence-electron chi connectivity index (χ1n) is 6.99. The minimum atomic E-state index is -0.665. The van der Waals surface area contributed by atoms with E-state index in [0.717, 1.165) is 6.42 Å². The monoisotopic (exact) mass is 293 g/mol. The molecule has 114 valence electrons. The zero-order valence-corrected chi connectivity index (χ0v) is 11.9. The van der Waals surface area contributed by atoms with Gasteiger partial charge in [-0.3, -0.25) is 14.4 Å². The van der Waals surface area contributed by atoms with Crippen molar-refractivity contribution < 1.29 is 14.3 Å². The van der Waals surface area contributed by atoms with Gasteiger partial charge in [0, 0.05) is 19.2 Å². The second-order valence-electron chi connectivity index (χ2n) is 4.81. The number of pyridine rings is 1. The first-order chi connectivity index (χ1) is 10.1. The highest BCUT2D eigenvalue weighted by Crippen LogP contribution is 2.11. The van der Waals surface area contributed by atoms with Crippen LogP contribution in [0.5, 0.6) is 0 Å². The highest BCUT2D eigenvalue weighted by atomic mass is 16.5. The Morgan fingerprint density at radius 3 is 3.00 bits per heavy atom. The number of hydrogen-bond acceptors (Lipinski definition) is 4. The van der Waals surface area contributed by atoms with E-state index in [1.165, 1.54) is 23.1 Å². The highest BCUT2D eigenvalue weighted by Gasteiger charge is 2.33. The molecule has 2 N–H and O–H groups in total. The van der Waals surface area contributed by atoms with Crippen LogP contribution in [0.25, 0.3) is 0 Å². The van der Waals surface area contributed by atoms with Crippen molar-refractivity contribution in [2.45, 2.75) is 19.4 Å². The second kappa shape index (κ2) is 7.03. The first-order valence-corrected chi connectivity index (χ1v) is 6.99. The van der Waals surface area contributed by atoms with Crippen LogP contribution < -0.4 is 10.9 Å². The standard InChI is InChI=1S/C14H19N3O4/c1-2-6-15-13(19)11-9-21-8-7-17(11)14(20)10-4-3-5-12(18)16-10/h3-5,11H,2,6-9H2,1H3,(H,15,19)(H,16,18). The fourth-order valence-electron chi connectivity index (χ4n) is 2.16. The van der Waals surface area contributed by atoms with Crippen molar-refractivity contribution in [3.63, 3.8) is 0 Å². The molecule has 7 nitrogen and oxygen atoms in total. The highest BCUT2D eigenvalue weighted by molar-refractivity contribution is 5.96. The van der Waals surface area contributed by atoms with Crippen LogP contribution in [0.2, 0.25) is 0 Å². The number of hydrogen-bond donors (Lipinski definition) is 2. The molecule has 2 rings (SSSR count). The van der Waals surface area contributed by atoms with Crippen LogP contribution in [-0.4, -0.2) is 54.0 Å². The molecule has 0 aliphatic carbocycles. The lowest BCUT2D eigenvalue weighted by atomic mass is 10.2. The SMILES string of the molecule is CCCNC(=O)C1COCCN1C(=O)c1cccc(=O)[nH]1. The number of carbonyl (C=O) groups excluding carboxylic acids is 2. The van der Waals surface area contributed by atoms with Crippen molar-refractivity contribution >= 4 is 11.8 Å². The summed E-state index contributed by atoms with van der Waals surface area (Å²) in [7, 11) is 0. The second-order valence-corrected chi connectivity index (χ2v) is 4.81.